The number of halogens is 2. The van der Waals surface area contributed by atoms with Gasteiger partial charge in [0.05, 0.1) is 22.8 Å². The van der Waals surface area contributed by atoms with Gasteiger partial charge >= 0.3 is 6.09 Å². The lowest BCUT2D eigenvalue weighted by molar-refractivity contribution is -0.130. The molecule has 6 rings (SSSR count). The molecule has 0 radical (unpaired) electrons. The van der Waals surface area contributed by atoms with E-state index in [0.29, 0.717) is 24.2 Å². The zero-order chi connectivity index (χ0) is 27.1. The first-order valence-corrected chi connectivity index (χ1v) is 12.3. The zero-order valence-corrected chi connectivity index (χ0v) is 21.2. The monoisotopic (exact) mass is 521 g/mol. The van der Waals surface area contributed by atoms with Crippen LogP contribution in [0.3, 0.4) is 0 Å². The molecule has 1 spiro atoms. The number of nitrogens with zero attached hydrogens (tertiary/aromatic N) is 4. The standard InChI is InChI=1S/C27H25F2N5O4/c1-13-30-27(9-10-27)24(36)33(13)22-20-19-17(23(35)32-31-20)11-16(29)12-18(19)34(25(37)38-26(2,3)4)21(22)14-5-7-15(28)8-6-14/h5-8,11-12,21-22H,9-10H2,1-4H3,(H,32,35). The second-order valence-electron chi connectivity index (χ2n) is 10.9. The molecule has 3 heterocycles. The van der Waals surface area contributed by atoms with Crippen molar-refractivity contribution in [2.24, 2.45) is 4.99 Å². The van der Waals surface area contributed by atoms with Crippen LogP contribution in [0.25, 0.3) is 10.8 Å². The third kappa shape index (κ3) is 3.59. The molecule has 2 amide bonds. The summed E-state index contributed by atoms with van der Waals surface area (Å²) in [7, 11) is 0. The van der Waals surface area contributed by atoms with E-state index in [1.165, 1.54) is 34.1 Å². The summed E-state index contributed by atoms with van der Waals surface area (Å²) < 4.78 is 34.7. The fourth-order valence-corrected chi connectivity index (χ4v) is 5.44. The van der Waals surface area contributed by atoms with E-state index in [1.807, 2.05) is 0 Å². The van der Waals surface area contributed by atoms with Gasteiger partial charge in [-0.1, -0.05) is 12.1 Å². The highest BCUT2D eigenvalue weighted by Gasteiger charge is 2.60. The molecule has 1 aromatic heterocycles. The Morgan fingerprint density at radius 3 is 2.37 bits per heavy atom. The van der Waals surface area contributed by atoms with Gasteiger partial charge in [0.1, 0.15) is 34.7 Å². The van der Waals surface area contributed by atoms with Gasteiger partial charge in [0.2, 0.25) is 0 Å². The van der Waals surface area contributed by atoms with E-state index < -0.39 is 46.5 Å². The van der Waals surface area contributed by atoms with Gasteiger partial charge in [0.15, 0.2) is 0 Å². The number of amidine groups is 1. The fraction of sp³-hybridized carbons (Fsp3) is 0.370. The molecule has 1 aliphatic carbocycles. The quantitative estimate of drug-likeness (QED) is 0.533. The van der Waals surface area contributed by atoms with Crippen molar-refractivity contribution >= 4 is 34.3 Å². The first-order valence-electron chi connectivity index (χ1n) is 12.3. The van der Waals surface area contributed by atoms with Gasteiger partial charge < -0.3 is 4.74 Å². The number of aromatic amines is 1. The zero-order valence-electron chi connectivity index (χ0n) is 21.2. The number of benzene rings is 2. The van der Waals surface area contributed by atoms with Crippen molar-refractivity contribution in [1.29, 1.82) is 0 Å². The highest BCUT2D eigenvalue weighted by molar-refractivity contribution is 6.11. The molecule has 1 fully saturated rings. The van der Waals surface area contributed by atoms with E-state index >= 15 is 0 Å². The van der Waals surface area contributed by atoms with Gasteiger partial charge in [-0.25, -0.2) is 18.7 Å². The number of aliphatic imine (C=N–C) groups is 1. The number of amides is 2. The largest absolute Gasteiger partial charge is 0.443 e. The van der Waals surface area contributed by atoms with Crippen LogP contribution in [-0.2, 0) is 9.53 Å². The topological polar surface area (TPSA) is 108 Å². The number of aromatic nitrogens is 2. The minimum absolute atomic E-state index is 0.0245. The third-order valence-corrected chi connectivity index (χ3v) is 7.12. The highest BCUT2D eigenvalue weighted by Crippen LogP contribution is 2.54. The molecule has 2 unspecified atom stereocenters. The fourth-order valence-electron chi connectivity index (χ4n) is 5.44. The number of hydrogen-bond acceptors (Lipinski definition) is 6. The summed E-state index contributed by atoms with van der Waals surface area (Å²) >= 11 is 0. The van der Waals surface area contributed by atoms with E-state index in [2.05, 4.69) is 15.2 Å². The van der Waals surface area contributed by atoms with Crippen molar-refractivity contribution in [3.8, 4) is 0 Å². The number of anilines is 1. The van der Waals surface area contributed by atoms with Gasteiger partial charge in [-0.3, -0.25) is 24.4 Å². The van der Waals surface area contributed by atoms with Crippen LogP contribution in [0.15, 0.2) is 46.2 Å². The van der Waals surface area contributed by atoms with E-state index in [9.17, 15) is 23.2 Å². The Labute approximate surface area is 216 Å². The van der Waals surface area contributed by atoms with Gasteiger partial charge in [0, 0.05) is 5.39 Å². The summed E-state index contributed by atoms with van der Waals surface area (Å²) in [6.45, 7) is 6.78. The molecule has 3 aliphatic rings. The normalized spacial score (nSPS) is 21.7. The smallest absolute Gasteiger partial charge is 0.415 e. The minimum Gasteiger partial charge on any atom is -0.443 e. The molecule has 0 saturated heterocycles. The highest BCUT2D eigenvalue weighted by atomic mass is 19.1. The first-order chi connectivity index (χ1) is 17.9. The number of H-pyrrole nitrogens is 1. The minimum atomic E-state index is -1.01. The molecule has 2 atom stereocenters. The Balaban J connectivity index is 1.68. The lowest BCUT2D eigenvalue weighted by Crippen LogP contribution is -2.51. The van der Waals surface area contributed by atoms with Gasteiger partial charge in [-0.15, -0.1) is 0 Å². The molecule has 38 heavy (non-hydrogen) atoms. The van der Waals surface area contributed by atoms with E-state index in [0.717, 1.165) is 12.1 Å². The first kappa shape index (κ1) is 24.2. The molecule has 196 valence electrons. The van der Waals surface area contributed by atoms with E-state index in [4.69, 9.17) is 4.74 Å². The third-order valence-electron chi connectivity index (χ3n) is 7.12. The summed E-state index contributed by atoms with van der Waals surface area (Å²) in [5, 5.41) is 6.95. The molecular weight excluding hydrogens is 496 g/mol. The van der Waals surface area contributed by atoms with Crippen LogP contribution in [-0.4, -0.2) is 44.1 Å². The summed E-state index contributed by atoms with van der Waals surface area (Å²) in [5.74, 6) is -1.05. The number of carbonyl (C=O) groups is 2. The average molecular weight is 522 g/mol. The Bertz CT molecular complexity index is 1600. The number of ether oxygens (including phenoxy) is 1. The second-order valence-corrected chi connectivity index (χ2v) is 10.9. The van der Waals surface area contributed by atoms with Crippen LogP contribution >= 0.6 is 0 Å². The molecule has 2 aromatic carbocycles. The maximum Gasteiger partial charge on any atom is 0.415 e. The summed E-state index contributed by atoms with van der Waals surface area (Å²) in [6, 6.07) is 5.71. The lowest BCUT2D eigenvalue weighted by atomic mass is 9.86. The Morgan fingerprint density at radius 1 is 1.08 bits per heavy atom. The van der Waals surface area contributed by atoms with Crippen molar-refractivity contribution < 1.29 is 23.1 Å². The SMILES string of the molecule is CC1=NC2(CC2)C(=O)N1C1c2n[nH]c(=O)c3cc(F)cc(c23)N(C(=O)OC(C)(C)C)C1c1ccc(F)cc1. The molecule has 1 N–H and O–H groups in total. The van der Waals surface area contributed by atoms with Crippen LogP contribution in [0, 0.1) is 11.6 Å². The van der Waals surface area contributed by atoms with Gasteiger partial charge in [0.25, 0.3) is 11.5 Å². The summed E-state index contributed by atoms with van der Waals surface area (Å²) in [6.07, 6.45) is 0.372. The maximum absolute atomic E-state index is 14.9. The van der Waals surface area contributed by atoms with Crippen LogP contribution in [0.1, 0.15) is 63.9 Å². The van der Waals surface area contributed by atoms with Crippen LogP contribution in [0.4, 0.5) is 19.3 Å². The Kier molecular flexibility index (Phi) is 5.05. The molecule has 3 aromatic rings. The van der Waals surface area contributed by atoms with Crippen molar-refractivity contribution in [1.82, 2.24) is 15.1 Å². The van der Waals surface area contributed by atoms with Crippen LogP contribution in [0.2, 0.25) is 0 Å². The summed E-state index contributed by atoms with van der Waals surface area (Å²) in [4.78, 5) is 47.7. The number of hydrogen-bond donors (Lipinski definition) is 1. The van der Waals surface area contributed by atoms with Crippen molar-refractivity contribution in [3.63, 3.8) is 0 Å². The van der Waals surface area contributed by atoms with Crippen LogP contribution in [0.5, 0.6) is 0 Å². The van der Waals surface area contributed by atoms with Crippen molar-refractivity contribution in [2.45, 2.75) is 63.8 Å². The van der Waals surface area contributed by atoms with Crippen LogP contribution < -0.4 is 10.5 Å². The lowest BCUT2D eigenvalue weighted by Gasteiger charge is -2.44. The Hall–Kier alpha value is -4.15. The predicted molar refractivity (Wildman–Crippen MR) is 135 cm³/mol. The number of nitrogens with one attached hydrogen (secondary N) is 1. The van der Waals surface area contributed by atoms with Crippen molar-refractivity contribution in [2.75, 3.05) is 4.90 Å². The van der Waals surface area contributed by atoms with E-state index in [-0.39, 0.29) is 28.1 Å². The predicted octanol–water partition coefficient (Wildman–Crippen LogP) is 4.53. The average Bonchev–Trinajstić information content (AvgIpc) is 3.56. The molecule has 1 saturated carbocycles. The molecular formula is C27H25F2N5O4. The Morgan fingerprint density at radius 2 is 1.76 bits per heavy atom. The maximum atomic E-state index is 14.9. The molecule has 0 bridgehead atoms. The molecule has 11 heteroatoms. The van der Waals surface area contributed by atoms with E-state index in [1.54, 1.807) is 27.7 Å². The summed E-state index contributed by atoms with van der Waals surface area (Å²) in [5.41, 5.74) is -1.63. The van der Waals surface area contributed by atoms with Gasteiger partial charge in [-0.05, 0) is 70.4 Å². The van der Waals surface area contributed by atoms with Crippen molar-refractivity contribution in [3.05, 3.63) is 69.6 Å². The second kappa shape index (κ2) is 7.92. The number of carbonyl (C=O) groups excluding carboxylic acids is 2. The number of rotatable bonds is 2. The van der Waals surface area contributed by atoms with Gasteiger partial charge in [-0.2, -0.15) is 5.10 Å². The molecule has 2 aliphatic heterocycles. The molecule has 9 nitrogen and oxygen atoms in total.